The number of hydrogen-bond acceptors (Lipinski definition) is 3. The van der Waals surface area contributed by atoms with Crippen molar-refractivity contribution in [2.45, 2.75) is 41.6 Å². The highest BCUT2D eigenvalue weighted by Crippen LogP contribution is 2.32. The summed E-state index contributed by atoms with van der Waals surface area (Å²) < 4.78 is 49.6. The van der Waals surface area contributed by atoms with Crippen molar-refractivity contribution in [1.29, 1.82) is 0 Å². The van der Waals surface area contributed by atoms with Gasteiger partial charge in [0.2, 0.25) is 0 Å². The molecule has 0 atom stereocenters. The van der Waals surface area contributed by atoms with Crippen molar-refractivity contribution >= 4 is 33.7 Å². The van der Waals surface area contributed by atoms with Gasteiger partial charge in [-0.05, 0) is 72.8 Å². The zero-order valence-corrected chi connectivity index (χ0v) is 28.4. The van der Waals surface area contributed by atoms with Gasteiger partial charge in [-0.1, -0.05) is 109 Å². The van der Waals surface area contributed by atoms with Gasteiger partial charge in [0, 0.05) is 0 Å². The van der Waals surface area contributed by atoms with E-state index in [0.29, 0.717) is 0 Å². The Hall–Kier alpha value is -5.36. The molecule has 0 saturated heterocycles. The highest BCUT2D eigenvalue weighted by atomic mass is 32.2. The number of carbonyl (C=O) groups is 2. The summed E-state index contributed by atoms with van der Waals surface area (Å²) in [6.45, 7) is 0. The smallest absolute Gasteiger partial charge is 0.460 e. The third-order valence-electron chi connectivity index (χ3n) is 6.63. The molecule has 0 fully saturated rings. The fraction of sp³-hybridized carbons (Fsp3) is 0.0500. The average molecular weight is 733 g/mol. The first-order chi connectivity index (χ1) is 24.5. The topological polar surface area (TPSA) is 83.8 Å². The van der Waals surface area contributed by atoms with Gasteiger partial charge in [0.15, 0.2) is 29.4 Å². The minimum atomic E-state index is -5.25. The number of carboxylic acids is 2. The maximum Gasteiger partial charge on any atom is 0.460 e. The summed E-state index contributed by atoms with van der Waals surface area (Å²) in [5.41, 5.74) is 0. The predicted molar refractivity (Wildman–Crippen MR) is 189 cm³/mol. The van der Waals surface area contributed by atoms with E-state index < -0.39 is 24.2 Å². The fourth-order valence-corrected chi connectivity index (χ4v) is 8.61. The highest BCUT2D eigenvalue weighted by Gasteiger charge is 2.55. The van der Waals surface area contributed by atoms with Crippen LogP contribution in [0.5, 0.6) is 0 Å². The lowest BCUT2D eigenvalue weighted by atomic mass is 10.4. The molecular weight excluding hydrogens is 701 g/mol. The number of carboxylic acid groups (broad SMARTS) is 2. The van der Waals surface area contributed by atoms with Gasteiger partial charge in [-0.15, -0.1) is 0 Å². The summed E-state index contributed by atoms with van der Waals surface area (Å²) >= 11 is 0. The normalized spacial score (nSPS) is 11.1. The van der Waals surface area contributed by atoms with E-state index >= 15 is 0 Å². The lowest BCUT2D eigenvalue weighted by Gasteiger charge is -2.16. The molecule has 260 valence electrons. The SMILES string of the molecule is O=C(O)C(F)(F)OC(F)(F)C(=O)O.c1ccc([S+](c2ccccc2)c2ccccc2)cc1.c1ccc([S+](c2ccccc2)c2ccccc2)cc1. The van der Waals surface area contributed by atoms with E-state index in [4.69, 9.17) is 10.2 Å². The lowest BCUT2D eigenvalue weighted by molar-refractivity contribution is -0.352. The van der Waals surface area contributed by atoms with Gasteiger partial charge in [0.1, 0.15) is 0 Å². The van der Waals surface area contributed by atoms with Crippen molar-refractivity contribution in [2.24, 2.45) is 0 Å². The summed E-state index contributed by atoms with van der Waals surface area (Å²) in [6.07, 6.45) is -10.5. The second-order valence-electron chi connectivity index (χ2n) is 10.2. The van der Waals surface area contributed by atoms with Crippen LogP contribution in [0.25, 0.3) is 0 Å². The molecule has 6 aromatic carbocycles. The third-order valence-corrected chi connectivity index (χ3v) is 11.1. The zero-order valence-electron chi connectivity index (χ0n) is 26.8. The minimum Gasteiger partial charge on any atom is -0.475 e. The second kappa shape index (κ2) is 18.6. The Kier molecular flexibility index (Phi) is 14.0. The summed E-state index contributed by atoms with van der Waals surface area (Å²) in [5.74, 6) is -6.01. The van der Waals surface area contributed by atoms with Crippen molar-refractivity contribution in [3.05, 3.63) is 182 Å². The molecular formula is C40H32F4O5S2+2. The molecule has 6 aromatic rings. The van der Waals surface area contributed by atoms with Gasteiger partial charge in [-0.2, -0.15) is 17.6 Å². The zero-order chi connectivity index (χ0) is 36.7. The van der Waals surface area contributed by atoms with Crippen LogP contribution >= 0.6 is 0 Å². The van der Waals surface area contributed by atoms with Crippen LogP contribution in [0.1, 0.15) is 0 Å². The molecule has 0 radical (unpaired) electrons. The van der Waals surface area contributed by atoms with Gasteiger partial charge in [0.05, 0.1) is 21.8 Å². The average Bonchev–Trinajstić information content (AvgIpc) is 3.15. The Bertz CT molecular complexity index is 1590. The molecule has 0 aromatic heterocycles. The molecule has 0 heterocycles. The molecule has 0 unspecified atom stereocenters. The summed E-state index contributed by atoms with van der Waals surface area (Å²) in [7, 11) is -0.0293. The monoisotopic (exact) mass is 732 g/mol. The van der Waals surface area contributed by atoms with Crippen LogP contribution in [0.4, 0.5) is 17.6 Å². The van der Waals surface area contributed by atoms with Crippen LogP contribution in [0.3, 0.4) is 0 Å². The maximum absolute atomic E-state index is 11.8. The van der Waals surface area contributed by atoms with Crippen molar-refractivity contribution in [2.75, 3.05) is 0 Å². The van der Waals surface area contributed by atoms with Crippen molar-refractivity contribution in [1.82, 2.24) is 0 Å². The van der Waals surface area contributed by atoms with Gasteiger partial charge in [0.25, 0.3) is 0 Å². The van der Waals surface area contributed by atoms with Crippen LogP contribution in [0.2, 0.25) is 0 Å². The number of rotatable bonds is 10. The Labute approximate surface area is 298 Å². The molecule has 0 spiro atoms. The van der Waals surface area contributed by atoms with Crippen LogP contribution < -0.4 is 0 Å². The van der Waals surface area contributed by atoms with Gasteiger partial charge < -0.3 is 10.2 Å². The number of halogens is 4. The van der Waals surface area contributed by atoms with E-state index in [1.165, 1.54) is 29.4 Å². The Morgan fingerprint density at radius 3 is 0.667 bits per heavy atom. The van der Waals surface area contributed by atoms with Crippen LogP contribution in [0.15, 0.2) is 211 Å². The standard InChI is InChI=1S/2C18H15S.C4H2F4O5/c2*1-4-10-16(11-5-1)19(17-12-6-2-7-13-17)18-14-8-3-9-15-18;5-3(6,1(9)10)13-4(7,8)2(11)12/h2*1-15H;(H,9,10)(H,11,12)/q2*+1;. The minimum absolute atomic E-state index is 0.0146. The van der Waals surface area contributed by atoms with Crippen molar-refractivity contribution < 1.29 is 42.1 Å². The molecule has 0 saturated carbocycles. The molecule has 0 aliphatic carbocycles. The van der Waals surface area contributed by atoms with Crippen LogP contribution in [0, 0.1) is 0 Å². The van der Waals surface area contributed by atoms with Crippen LogP contribution in [-0.4, -0.2) is 34.4 Å². The van der Waals surface area contributed by atoms with E-state index in [9.17, 15) is 27.2 Å². The van der Waals surface area contributed by atoms with Crippen molar-refractivity contribution in [3.63, 3.8) is 0 Å². The molecule has 0 bridgehead atoms. The first-order valence-corrected chi connectivity index (χ1v) is 17.7. The third kappa shape index (κ3) is 11.3. The summed E-state index contributed by atoms with van der Waals surface area (Å²) in [5, 5.41) is 15.2. The van der Waals surface area contributed by atoms with E-state index in [-0.39, 0.29) is 21.8 Å². The predicted octanol–water partition coefficient (Wildman–Crippen LogP) is 9.92. The number of ether oxygens (including phenoxy) is 1. The Morgan fingerprint density at radius 2 is 0.529 bits per heavy atom. The summed E-state index contributed by atoms with van der Waals surface area (Å²) in [4.78, 5) is 27.2. The first kappa shape index (κ1) is 38.4. The van der Waals surface area contributed by atoms with E-state index in [2.05, 4.69) is 187 Å². The molecule has 11 heteroatoms. The Balaban J connectivity index is 0.000000176. The number of benzene rings is 6. The van der Waals surface area contributed by atoms with E-state index in [1.807, 2.05) is 0 Å². The highest BCUT2D eigenvalue weighted by molar-refractivity contribution is 7.97. The molecule has 2 N–H and O–H groups in total. The molecule has 5 nitrogen and oxygen atoms in total. The largest absolute Gasteiger partial charge is 0.475 e. The van der Waals surface area contributed by atoms with E-state index in [1.54, 1.807) is 0 Å². The lowest BCUT2D eigenvalue weighted by Crippen LogP contribution is -2.43. The number of aliphatic carboxylic acids is 2. The molecule has 0 aliphatic rings. The molecule has 51 heavy (non-hydrogen) atoms. The van der Waals surface area contributed by atoms with Gasteiger partial charge in [-0.25, -0.2) is 14.3 Å². The van der Waals surface area contributed by atoms with E-state index in [0.717, 1.165) is 0 Å². The quantitative estimate of drug-likeness (QED) is 0.108. The second-order valence-corrected chi connectivity index (χ2v) is 14.3. The van der Waals surface area contributed by atoms with Crippen molar-refractivity contribution in [3.8, 4) is 0 Å². The summed E-state index contributed by atoms with van der Waals surface area (Å²) in [6, 6.07) is 64.3. The van der Waals surface area contributed by atoms with Gasteiger partial charge >= 0.3 is 24.2 Å². The number of hydrogen-bond donors (Lipinski definition) is 2. The maximum atomic E-state index is 11.8. The Morgan fingerprint density at radius 1 is 0.373 bits per heavy atom. The first-order valence-electron chi connectivity index (χ1n) is 15.2. The molecule has 0 aliphatic heterocycles. The molecule has 6 rings (SSSR count). The van der Waals surface area contributed by atoms with Crippen LogP contribution in [-0.2, 0) is 36.1 Å². The number of alkyl halides is 4. The molecule has 0 amide bonds. The van der Waals surface area contributed by atoms with Gasteiger partial charge in [-0.3, -0.25) is 0 Å². The fourth-order valence-electron chi connectivity index (χ4n) is 4.40.